The lowest BCUT2D eigenvalue weighted by molar-refractivity contribution is -0.138. The number of para-hydroxylation sites is 2. The van der Waals surface area contributed by atoms with E-state index in [2.05, 4.69) is 18.8 Å². The van der Waals surface area contributed by atoms with Crippen LogP contribution in [0.4, 0.5) is 0 Å². The second-order valence-corrected chi connectivity index (χ2v) is 7.68. The van der Waals surface area contributed by atoms with E-state index < -0.39 is 5.97 Å². The van der Waals surface area contributed by atoms with E-state index >= 15 is 0 Å². The number of rotatable bonds is 2. The minimum atomic E-state index is -0.835. The Labute approximate surface area is 159 Å². The molecule has 1 N–H and O–H groups in total. The normalized spacial score (nSPS) is 17.7. The van der Waals surface area contributed by atoms with Gasteiger partial charge in [-0.05, 0) is 43.0 Å². The van der Waals surface area contributed by atoms with Gasteiger partial charge in [0, 0.05) is 18.3 Å². The first-order valence-corrected chi connectivity index (χ1v) is 9.21. The summed E-state index contributed by atoms with van der Waals surface area (Å²) in [5.74, 6) is 0.933. The zero-order chi connectivity index (χ0) is 19.3. The number of pyridine rings is 1. The zero-order valence-corrected chi connectivity index (χ0v) is 15.9. The number of benzene rings is 1. The maximum atomic E-state index is 11.3. The summed E-state index contributed by atoms with van der Waals surface area (Å²) in [6, 6.07) is 11.3. The lowest BCUT2D eigenvalue weighted by Crippen LogP contribution is -2.31. The SMILES string of the molecule is CC1(C)CCCN(CC(=O)O)Cc2cccnc2Oc2ccccc2OC1. The summed E-state index contributed by atoms with van der Waals surface area (Å²) in [4.78, 5) is 17.6. The monoisotopic (exact) mass is 370 g/mol. The molecule has 27 heavy (non-hydrogen) atoms. The third kappa shape index (κ3) is 5.44. The van der Waals surface area contributed by atoms with Crippen LogP contribution in [0.5, 0.6) is 17.4 Å². The number of nitrogens with zero attached hydrogens (tertiary/aromatic N) is 2. The molecule has 0 spiro atoms. The molecule has 0 bridgehead atoms. The van der Waals surface area contributed by atoms with Gasteiger partial charge in [-0.3, -0.25) is 9.69 Å². The highest BCUT2D eigenvalue weighted by atomic mass is 16.5. The summed E-state index contributed by atoms with van der Waals surface area (Å²) in [5.41, 5.74) is 0.827. The molecule has 1 aromatic heterocycles. The number of carboxylic acid groups (broad SMARTS) is 1. The van der Waals surface area contributed by atoms with Crippen molar-refractivity contribution in [1.82, 2.24) is 9.88 Å². The molecule has 0 atom stereocenters. The lowest BCUT2D eigenvalue weighted by Gasteiger charge is -2.26. The highest BCUT2D eigenvalue weighted by Crippen LogP contribution is 2.34. The molecular weight excluding hydrogens is 344 g/mol. The number of fused-ring (bicyclic) bond motifs is 2. The highest BCUT2D eigenvalue weighted by Gasteiger charge is 2.22. The van der Waals surface area contributed by atoms with Gasteiger partial charge in [0.25, 0.3) is 0 Å². The van der Waals surface area contributed by atoms with Gasteiger partial charge in [0.05, 0.1) is 13.2 Å². The maximum Gasteiger partial charge on any atom is 0.317 e. The number of hydrogen-bond donors (Lipinski definition) is 1. The summed E-state index contributed by atoms with van der Waals surface area (Å²) < 4.78 is 12.1. The fraction of sp³-hybridized carbons (Fsp3) is 0.429. The van der Waals surface area contributed by atoms with Crippen molar-refractivity contribution in [3.63, 3.8) is 0 Å². The molecule has 1 aromatic carbocycles. The summed E-state index contributed by atoms with van der Waals surface area (Å²) >= 11 is 0. The summed E-state index contributed by atoms with van der Waals surface area (Å²) in [6.07, 6.45) is 3.50. The Balaban J connectivity index is 1.95. The van der Waals surface area contributed by atoms with Crippen LogP contribution in [0.1, 0.15) is 32.3 Å². The number of aromatic nitrogens is 1. The van der Waals surface area contributed by atoms with Crippen molar-refractivity contribution >= 4 is 5.97 Å². The van der Waals surface area contributed by atoms with Gasteiger partial charge in [-0.1, -0.05) is 32.0 Å². The lowest BCUT2D eigenvalue weighted by atomic mass is 9.88. The quantitative estimate of drug-likeness (QED) is 0.863. The summed E-state index contributed by atoms with van der Waals surface area (Å²) in [6.45, 7) is 6.03. The average molecular weight is 370 g/mol. The molecular formula is C21H26N2O4. The van der Waals surface area contributed by atoms with Crippen LogP contribution < -0.4 is 9.47 Å². The van der Waals surface area contributed by atoms with Gasteiger partial charge in [-0.2, -0.15) is 0 Å². The van der Waals surface area contributed by atoms with Gasteiger partial charge in [0.1, 0.15) is 0 Å². The maximum absolute atomic E-state index is 11.3. The molecule has 0 amide bonds. The Morgan fingerprint density at radius 1 is 1.22 bits per heavy atom. The molecule has 0 saturated heterocycles. The predicted octanol–water partition coefficient (Wildman–Crippen LogP) is 3.96. The molecule has 1 aliphatic heterocycles. The fourth-order valence-electron chi connectivity index (χ4n) is 3.17. The molecule has 0 unspecified atom stereocenters. The van der Waals surface area contributed by atoms with E-state index in [4.69, 9.17) is 9.47 Å². The summed E-state index contributed by atoms with van der Waals surface area (Å²) in [5, 5.41) is 9.27. The van der Waals surface area contributed by atoms with Crippen LogP contribution in [0.2, 0.25) is 0 Å². The number of carbonyl (C=O) groups is 1. The molecule has 144 valence electrons. The van der Waals surface area contributed by atoms with E-state index in [0.29, 0.717) is 37.1 Å². The van der Waals surface area contributed by atoms with E-state index in [-0.39, 0.29) is 12.0 Å². The molecule has 6 heteroatoms. The predicted molar refractivity (Wildman–Crippen MR) is 102 cm³/mol. The van der Waals surface area contributed by atoms with Crippen LogP contribution in [0.25, 0.3) is 0 Å². The highest BCUT2D eigenvalue weighted by molar-refractivity contribution is 5.69. The Kier molecular flexibility index (Phi) is 5.96. The Morgan fingerprint density at radius 2 is 2.00 bits per heavy atom. The second-order valence-electron chi connectivity index (χ2n) is 7.68. The molecule has 6 nitrogen and oxygen atoms in total. The van der Waals surface area contributed by atoms with Crippen molar-refractivity contribution in [2.45, 2.75) is 33.2 Å². The van der Waals surface area contributed by atoms with Gasteiger partial charge >= 0.3 is 5.97 Å². The number of hydrogen-bond acceptors (Lipinski definition) is 5. The largest absolute Gasteiger partial charge is 0.489 e. The molecule has 0 saturated carbocycles. The van der Waals surface area contributed by atoms with E-state index in [1.807, 2.05) is 41.3 Å². The number of carboxylic acids is 1. The van der Waals surface area contributed by atoms with E-state index in [0.717, 1.165) is 18.4 Å². The third-order valence-electron chi connectivity index (χ3n) is 4.60. The molecule has 0 radical (unpaired) electrons. The van der Waals surface area contributed by atoms with Crippen molar-refractivity contribution in [2.75, 3.05) is 19.7 Å². The minimum absolute atomic E-state index is 0.0121. The Hall–Kier alpha value is -2.60. The van der Waals surface area contributed by atoms with Crippen LogP contribution >= 0.6 is 0 Å². The Bertz CT molecular complexity index is 791. The number of aliphatic carboxylic acids is 1. The first-order valence-electron chi connectivity index (χ1n) is 9.21. The van der Waals surface area contributed by atoms with Crippen molar-refractivity contribution in [2.24, 2.45) is 5.41 Å². The first kappa shape index (κ1) is 19.2. The standard InChI is InChI=1S/C21H26N2O4/c1-21(2)10-6-12-23(14-19(24)25)13-16-7-5-11-22-20(16)27-18-9-4-3-8-17(18)26-15-21/h3-5,7-9,11H,6,10,12-15H2,1-2H3,(H,24,25). The van der Waals surface area contributed by atoms with Crippen molar-refractivity contribution in [1.29, 1.82) is 0 Å². The molecule has 2 aromatic rings. The van der Waals surface area contributed by atoms with Gasteiger partial charge in [0.15, 0.2) is 11.5 Å². The van der Waals surface area contributed by atoms with Gasteiger partial charge in [-0.25, -0.2) is 4.98 Å². The van der Waals surface area contributed by atoms with Crippen LogP contribution in [-0.4, -0.2) is 40.7 Å². The van der Waals surface area contributed by atoms with E-state index in [1.165, 1.54) is 0 Å². The fourth-order valence-corrected chi connectivity index (χ4v) is 3.17. The topological polar surface area (TPSA) is 71.9 Å². The van der Waals surface area contributed by atoms with Crippen LogP contribution in [0.3, 0.4) is 0 Å². The second kappa shape index (κ2) is 8.39. The smallest absolute Gasteiger partial charge is 0.317 e. The van der Waals surface area contributed by atoms with Gasteiger partial charge in [-0.15, -0.1) is 0 Å². The molecule has 0 aliphatic carbocycles. The molecule has 1 aliphatic rings. The zero-order valence-electron chi connectivity index (χ0n) is 15.9. The van der Waals surface area contributed by atoms with Crippen LogP contribution in [0, 0.1) is 5.41 Å². The molecule has 2 heterocycles. The first-order chi connectivity index (χ1) is 12.9. The van der Waals surface area contributed by atoms with E-state index in [1.54, 1.807) is 6.20 Å². The van der Waals surface area contributed by atoms with Crippen molar-refractivity contribution < 1.29 is 19.4 Å². The summed E-state index contributed by atoms with van der Waals surface area (Å²) in [7, 11) is 0. The average Bonchev–Trinajstić information content (AvgIpc) is 2.62. The third-order valence-corrected chi connectivity index (χ3v) is 4.60. The van der Waals surface area contributed by atoms with Crippen LogP contribution in [-0.2, 0) is 11.3 Å². The van der Waals surface area contributed by atoms with Crippen molar-refractivity contribution in [3.8, 4) is 17.4 Å². The van der Waals surface area contributed by atoms with Crippen molar-refractivity contribution in [3.05, 3.63) is 48.2 Å². The Morgan fingerprint density at radius 3 is 2.78 bits per heavy atom. The molecule has 0 fully saturated rings. The van der Waals surface area contributed by atoms with Crippen LogP contribution in [0.15, 0.2) is 42.6 Å². The van der Waals surface area contributed by atoms with E-state index in [9.17, 15) is 9.90 Å². The minimum Gasteiger partial charge on any atom is -0.489 e. The van der Waals surface area contributed by atoms with Gasteiger partial charge < -0.3 is 14.6 Å². The number of ether oxygens (including phenoxy) is 2. The molecule has 3 rings (SSSR count). The van der Waals surface area contributed by atoms with Gasteiger partial charge in [0.2, 0.25) is 5.88 Å².